The number of aromatic nitrogens is 1. The van der Waals surface area contributed by atoms with Crippen LogP contribution in [-0.4, -0.2) is 47.3 Å². The first-order valence-electron chi connectivity index (χ1n) is 10.5. The molecule has 1 fully saturated rings. The molecule has 160 valence electrons. The molecule has 6 heteroatoms. The number of carbonyl (C=O) groups excluding carboxylic acids is 2. The number of carbonyl (C=O) groups is 2. The Bertz CT molecular complexity index is 1090. The van der Waals surface area contributed by atoms with Crippen LogP contribution in [0.4, 0.5) is 0 Å². The molecule has 0 saturated carbocycles. The zero-order valence-electron chi connectivity index (χ0n) is 18.0. The molecule has 2 aromatic carbocycles. The summed E-state index contributed by atoms with van der Waals surface area (Å²) < 4.78 is 5.28. The molecule has 0 spiro atoms. The minimum absolute atomic E-state index is 0.0732. The number of methoxy groups -OCH3 is 1. The minimum atomic E-state index is -0.193. The molecule has 1 atom stereocenters. The van der Waals surface area contributed by atoms with Crippen molar-refractivity contribution in [3.8, 4) is 5.75 Å². The number of hydrogen-bond acceptors (Lipinski definition) is 4. The zero-order valence-corrected chi connectivity index (χ0v) is 18.0. The maximum absolute atomic E-state index is 13.2. The van der Waals surface area contributed by atoms with Gasteiger partial charge < -0.3 is 14.5 Å². The van der Waals surface area contributed by atoms with Crippen molar-refractivity contribution < 1.29 is 14.3 Å². The first-order valence-corrected chi connectivity index (χ1v) is 10.5. The fraction of sp³-hybridized carbons (Fsp3) is 0.320. The average molecular weight is 418 g/mol. The van der Waals surface area contributed by atoms with Gasteiger partial charge in [0, 0.05) is 44.7 Å². The molecule has 0 N–H and O–H groups in total. The number of pyridine rings is 1. The highest BCUT2D eigenvalue weighted by Gasteiger charge is 2.32. The van der Waals surface area contributed by atoms with E-state index in [4.69, 9.17) is 4.74 Å². The Morgan fingerprint density at radius 1 is 1.19 bits per heavy atom. The first kappa shape index (κ1) is 20.8. The topological polar surface area (TPSA) is 62.7 Å². The number of piperidine rings is 1. The lowest BCUT2D eigenvalue weighted by molar-refractivity contribution is -0.143. The summed E-state index contributed by atoms with van der Waals surface area (Å²) in [5.74, 6) is 0.735. The summed E-state index contributed by atoms with van der Waals surface area (Å²) in [7, 11) is 3.46. The highest BCUT2D eigenvalue weighted by atomic mass is 16.5. The normalized spacial score (nSPS) is 16.4. The van der Waals surface area contributed by atoms with E-state index >= 15 is 0 Å². The summed E-state index contributed by atoms with van der Waals surface area (Å²) in [6, 6.07) is 17.6. The van der Waals surface area contributed by atoms with Crippen LogP contribution in [0, 0.1) is 5.92 Å². The molecule has 0 unspecified atom stereocenters. The second kappa shape index (κ2) is 9.16. The third-order valence-corrected chi connectivity index (χ3v) is 5.88. The van der Waals surface area contributed by atoms with Crippen molar-refractivity contribution in [2.75, 3.05) is 20.7 Å². The van der Waals surface area contributed by atoms with Gasteiger partial charge in [-0.1, -0.05) is 30.3 Å². The first-order chi connectivity index (χ1) is 15.0. The van der Waals surface area contributed by atoms with Gasteiger partial charge in [-0.2, -0.15) is 0 Å². The monoisotopic (exact) mass is 417 g/mol. The van der Waals surface area contributed by atoms with Crippen LogP contribution in [0.5, 0.6) is 5.75 Å². The van der Waals surface area contributed by atoms with Crippen LogP contribution >= 0.6 is 0 Å². The van der Waals surface area contributed by atoms with E-state index in [-0.39, 0.29) is 17.7 Å². The van der Waals surface area contributed by atoms with Gasteiger partial charge in [-0.3, -0.25) is 14.6 Å². The molecule has 1 aliphatic heterocycles. The SMILES string of the molecule is COc1cccc(CN2C[C@H](C(=O)N(C)Cc3ccnc4ccccc34)CCC2=O)c1. The predicted octanol–water partition coefficient (Wildman–Crippen LogP) is 3.64. The smallest absolute Gasteiger partial charge is 0.227 e. The van der Waals surface area contributed by atoms with Crippen molar-refractivity contribution >= 4 is 22.7 Å². The van der Waals surface area contributed by atoms with Gasteiger partial charge in [0.1, 0.15) is 5.75 Å². The molecular formula is C25H27N3O3. The van der Waals surface area contributed by atoms with Gasteiger partial charge >= 0.3 is 0 Å². The lowest BCUT2D eigenvalue weighted by Crippen LogP contribution is -2.45. The Kier molecular flexibility index (Phi) is 6.16. The van der Waals surface area contributed by atoms with Crippen molar-refractivity contribution in [3.63, 3.8) is 0 Å². The Labute approximate surface area is 182 Å². The van der Waals surface area contributed by atoms with E-state index < -0.39 is 0 Å². The van der Waals surface area contributed by atoms with Gasteiger partial charge in [-0.15, -0.1) is 0 Å². The van der Waals surface area contributed by atoms with Gasteiger partial charge in [0.2, 0.25) is 11.8 Å². The summed E-state index contributed by atoms with van der Waals surface area (Å²) in [6.07, 6.45) is 2.77. The van der Waals surface area contributed by atoms with E-state index in [1.54, 1.807) is 23.1 Å². The van der Waals surface area contributed by atoms with Crippen LogP contribution in [-0.2, 0) is 22.7 Å². The van der Waals surface area contributed by atoms with Crippen molar-refractivity contribution in [3.05, 3.63) is 71.9 Å². The van der Waals surface area contributed by atoms with Gasteiger partial charge in [0.25, 0.3) is 0 Å². The fourth-order valence-electron chi connectivity index (χ4n) is 4.20. The summed E-state index contributed by atoms with van der Waals surface area (Å²) in [5.41, 5.74) is 2.99. The number of para-hydroxylation sites is 1. The molecule has 0 bridgehead atoms. The minimum Gasteiger partial charge on any atom is -0.497 e. The third kappa shape index (κ3) is 4.68. The summed E-state index contributed by atoms with van der Waals surface area (Å²) in [4.78, 5) is 33.6. The molecule has 3 aromatic rings. The van der Waals surface area contributed by atoms with E-state index in [9.17, 15) is 9.59 Å². The quantitative estimate of drug-likeness (QED) is 0.614. The fourth-order valence-corrected chi connectivity index (χ4v) is 4.20. The van der Waals surface area contributed by atoms with Crippen molar-refractivity contribution in [1.29, 1.82) is 0 Å². The van der Waals surface area contributed by atoms with E-state index in [0.717, 1.165) is 27.8 Å². The molecule has 0 radical (unpaired) electrons. The number of likely N-dealkylation sites (tertiary alicyclic amines) is 1. The lowest BCUT2D eigenvalue weighted by atomic mass is 9.95. The molecular weight excluding hydrogens is 390 g/mol. The molecule has 31 heavy (non-hydrogen) atoms. The van der Waals surface area contributed by atoms with E-state index in [1.165, 1.54) is 0 Å². The van der Waals surface area contributed by atoms with E-state index in [2.05, 4.69) is 4.98 Å². The molecule has 2 amide bonds. The van der Waals surface area contributed by atoms with Gasteiger partial charge in [0.05, 0.1) is 18.5 Å². The van der Waals surface area contributed by atoms with Crippen molar-refractivity contribution in [2.45, 2.75) is 25.9 Å². The van der Waals surface area contributed by atoms with Gasteiger partial charge in [-0.05, 0) is 41.8 Å². The second-order valence-electron chi connectivity index (χ2n) is 8.04. The van der Waals surface area contributed by atoms with Crippen molar-refractivity contribution in [1.82, 2.24) is 14.8 Å². The van der Waals surface area contributed by atoms with Crippen LogP contribution in [0.25, 0.3) is 10.9 Å². The number of rotatable bonds is 6. The van der Waals surface area contributed by atoms with Crippen molar-refractivity contribution in [2.24, 2.45) is 5.92 Å². The standard InChI is InChI=1S/C25H27N3O3/c1-27(16-19-12-13-26-23-9-4-3-8-22(19)23)25(30)20-10-11-24(29)28(17-20)15-18-6-5-7-21(14-18)31-2/h3-9,12-14,20H,10-11,15-17H2,1-2H3/t20-/m1/s1. The number of hydrogen-bond donors (Lipinski definition) is 0. The van der Waals surface area contributed by atoms with Crippen LogP contribution in [0.3, 0.4) is 0 Å². The number of ether oxygens (including phenoxy) is 1. The van der Waals surface area contributed by atoms with Crippen LogP contribution in [0.15, 0.2) is 60.8 Å². The molecule has 1 aliphatic rings. The summed E-state index contributed by atoms with van der Waals surface area (Å²) >= 11 is 0. The van der Waals surface area contributed by atoms with Crippen LogP contribution in [0.2, 0.25) is 0 Å². The average Bonchev–Trinajstić information content (AvgIpc) is 2.80. The predicted molar refractivity (Wildman–Crippen MR) is 119 cm³/mol. The number of amides is 2. The molecule has 6 nitrogen and oxygen atoms in total. The number of benzene rings is 2. The summed E-state index contributed by atoms with van der Waals surface area (Å²) in [6.45, 7) is 1.44. The molecule has 4 rings (SSSR count). The zero-order chi connectivity index (χ0) is 21.8. The maximum Gasteiger partial charge on any atom is 0.227 e. The molecule has 0 aliphatic carbocycles. The Morgan fingerprint density at radius 3 is 2.87 bits per heavy atom. The third-order valence-electron chi connectivity index (χ3n) is 5.88. The highest BCUT2D eigenvalue weighted by Crippen LogP contribution is 2.24. The molecule has 1 saturated heterocycles. The number of nitrogens with zero attached hydrogens (tertiary/aromatic N) is 3. The Morgan fingerprint density at radius 2 is 2.03 bits per heavy atom. The lowest BCUT2D eigenvalue weighted by Gasteiger charge is -2.34. The largest absolute Gasteiger partial charge is 0.497 e. The summed E-state index contributed by atoms with van der Waals surface area (Å²) in [5, 5.41) is 1.06. The Balaban J connectivity index is 1.44. The second-order valence-corrected chi connectivity index (χ2v) is 8.04. The van der Waals surface area contributed by atoms with Crippen LogP contribution in [0.1, 0.15) is 24.0 Å². The number of fused-ring (bicyclic) bond motifs is 1. The highest BCUT2D eigenvalue weighted by molar-refractivity contribution is 5.85. The Hall–Kier alpha value is -3.41. The van der Waals surface area contributed by atoms with Gasteiger partial charge in [-0.25, -0.2) is 0 Å². The van der Waals surface area contributed by atoms with E-state index in [0.29, 0.717) is 32.5 Å². The van der Waals surface area contributed by atoms with Gasteiger partial charge in [0.15, 0.2) is 0 Å². The maximum atomic E-state index is 13.2. The van der Waals surface area contributed by atoms with Crippen LogP contribution < -0.4 is 4.74 Å². The van der Waals surface area contributed by atoms with E-state index in [1.807, 2.05) is 61.6 Å². The molecule has 2 heterocycles. The molecule has 1 aromatic heterocycles.